The summed E-state index contributed by atoms with van der Waals surface area (Å²) in [6, 6.07) is 8.79. The van der Waals surface area contributed by atoms with Gasteiger partial charge in [0.1, 0.15) is 11.9 Å². The molecular formula is C17H20N4O3. The Morgan fingerprint density at radius 3 is 2.92 bits per heavy atom. The van der Waals surface area contributed by atoms with Crippen LogP contribution in [-0.2, 0) is 4.74 Å². The van der Waals surface area contributed by atoms with Gasteiger partial charge in [0.15, 0.2) is 0 Å². The molecule has 1 amide bonds. The summed E-state index contributed by atoms with van der Waals surface area (Å²) in [7, 11) is 1.74. The van der Waals surface area contributed by atoms with E-state index in [0.717, 1.165) is 0 Å². The van der Waals surface area contributed by atoms with Crippen molar-refractivity contribution < 1.29 is 14.3 Å². The molecule has 2 aromatic rings. The van der Waals surface area contributed by atoms with E-state index in [0.29, 0.717) is 36.9 Å². The van der Waals surface area contributed by atoms with Crippen molar-refractivity contribution in [3.05, 3.63) is 48.3 Å². The SMILES string of the molecule is CNc1ncccc1C(=O)N[C@@H]1CCOC[C@H]1Oc1ccccn1. The van der Waals surface area contributed by atoms with Crippen molar-refractivity contribution in [3.8, 4) is 5.88 Å². The Labute approximate surface area is 140 Å². The highest BCUT2D eigenvalue weighted by molar-refractivity contribution is 5.98. The Morgan fingerprint density at radius 1 is 1.25 bits per heavy atom. The molecule has 7 nitrogen and oxygen atoms in total. The fraction of sp³-hybridized carbons (Fsp3) is 0.353. The lowest BCUT2D eigenvalue weighted by atomic mass is 10.1. The summed E-state index contributed by atoms with van der Waals surface area (Å²) in [6.45, 7) is 0.992. The van der Waals surface area contributed by atoms with Gasteiger partial charge >= 0.3 is 0 Å². The minimum absolute atomic E-state index is 0.154. The fourth-order valence-electron chi connectivity index (χ4n) is 2.60. The van der Waals surface area contributed by atoms with Crippen LogP contribution in [0.4, 0.5) is 5.82 Å². The molecule has 0 aromatic carbocycles. The zero-order chi connectivity index (χ0) is 16.8. The number of ether oxygens (including phenoxy) is 2. The number of nitrogens with zero attached hydrogens (tertiary/aromatic N) is 2. The predicted octanol–water partition coefficient (Wildman–Crippen LogP) is 1.48. The van der Waals surface area contributed by atoms with Gasteiger partial charge in [-0.15, -0.1) is 0 Å². The molecule has 1 aliphatic heterocycles. The van der Waals surface area contributed by atoms with Crippen LogP contribution in [0.2, 0.25) is 0 Å². The lowest BCUT2D eigenvalue weighted by molar-refractivity contribution is -0.0152. The van der Waals surface area contributed by atoms with Crippen molar-refractivity contribution in [1.29, 1.82) is 0 Å². The molecule has 0 saturated carbocycles. The average molecular weight is 328 g/mol. The molecule has 24 heavy (non-hydrogen) atoms. The van der Waals surface area contributed by atoms with Crippen molar-refractivity contribution in [2.45, 2.75) is 18.6 Å². The maximum absolute atomic E-state index is 12.6. The van der Waals surface area contributed by atoms with E-state index in [9.17, 15) is 4.79 Å². The number of carbonyl (C=O) groups is 1. The number of aromatic nitrogens is 2. The lowest BCUT2D eigenvalue weighted by Gasteiger charge is -2.32. The van der Waals surface area contributed by atoms with Crippen LogP contribution in [0.25, 0.3) is 0 Å². The molecular weight excluding hydrogens is 308 g/mol. The van der Waals surface area contributed by atoms with Gasteiger partial charge in [-0.25, -0.2) is 9.97 Å². The third-order valence-electron chi connectivity index (χ3n) is 3.82. The molecule has 0 spiro atoms. The summed E-state index contributed by atoms with van der Waals surface area (Å²) in [5.41, 5.74) is 0.503. The highest BCUT2D eigenvalue weighted by Crippen LogP contribution is 2.17. The van der Waals surface area contributed by atoms with Crippen LogP contribution in [0.3, 0.4) is 0 Å². The number of rotatable bonds is 5. The molecule has 1 saturated heterocycles. The van der Waals surface area contributed by atoms with E-state index in [-0.39, 0.29) is 18.1 Å². The zero-order valence-electron chi connectivity index (χ0n) is 13.4. The first kappa shape index (κ1) is 16.2. The topological polar surface area (TPSA) is 85.4 Å². The molecule has 3 rings (SSSR count). The number of hydrogen-bond donors (Lipinski definition) is 2. The Balaban J connectivity index is 1.70. The van der Waals surface area contributed by atoms with Gasteiger partial charge < -0.3 is 20.1 Å². The van der Waals surface area contributed by atoms with Crippen LogP contribution in [0, 0.1) is 0 Å². The highest BCUT2D eigenvalue weighted by atomic mass is 16.5. The van der Waals surface area contributed by atoms with Gasteiger partial charge in [0, 0.05) is 32.1 Å². The van der Waals surface area contributed by atoms with Gasteiger partial charge in [-0.1, -0.05) is 6.07 Å². The van der Waals surface area contributed by atoms with E-state index in [4.69, 9.17) is 9.47 Å². The van der Waals surface area contributed by atoms with Crippen LogP contribution >= 0.6 is 0 Å². The van der Waals surface area contributed by atoms with Crippen LogP contribution in [0.1, 0.15) is 16.8 Å². The van der Waals surface area contributed by atoms with Crippen LogP contribution in [0.15, 0.2) is 42.7 Å². The van der Waals surface area contributed by atoms with E-state index < -0.39 is 0 Å². The molecule has 1 aliphatic rings. The average Bonchev–Trinajstić information content (AvgIpc) is 2.64. The number of anilines is 1. The van der Waals surface area contributed by atoms with Crippen LogP contribution in [-0.4, -0.2) is 48.3 Å². The molecule has 3 heterocycles. The van der Waals surface area contributed by atoms with Gasteiger partial charge in [0.2, 0.25) is 5.88 Å². The summed E-state index contributed by atoms with van der Waals surface area (Å²) in [5.74, 6) is 0.878. The Bertz CT molecular complexity index is 681. The largest absolute Gasteiger partial charge is 0.470 e. The maximum Gasteiger partial charge on any atom is 0.255 e. The minimum Gasteiger partial charge on any atom is -0.470 e. The van der Waals surface area contributed by atoms with E-state index in [1.807, 2.05) is 12.1 Å². The second-order valence-electron chi connectivity index (χ2n) is 5.42. The number of hydrogen-bond acceptors (Lipinski definition) is 6. The first-order valence-electron chi connectivity index (χ1n) is 7.87. The van der Waals surface area contributed by atoms with Crippen molar-refractivity contribution >= 4 is 11.7 Å². The second kappa shape index (κ2) is 7.74. The maximum atomic E-state index is 12.6. The van der Waals surface area contributed by atoms with Crippen molar-refractivity contribution in [3.63, 3.8) is 0 Å². The standard InChI is InChI=1S/C17H20N4O3/c1-18-16-12(5-4-9-20-16)17(22)21-13-7-10-23-11-14(13)24-15-6-2-3-8-19-15/h2-6,8-9,13-14H,7,10-11H2,1H3,(H,18,20)(H,21,22)/t13-,14-/m1/s1. The normalized spacial score (nSPS) is 20.2. The monoisotopic (exact) mass is 328 g/mol. The highest BCUT2D eigenvalue weighted by Gasteiger charge is 2.30. The van der Waals surface area contributed by atoms with E-state index in [1.54, 1.807) is 37.6 Å². The fourth-order valence-corrected chi connectivity index (χ4v) is 2.60. The molecule has 0 aliphatic carbocycles. The third-order valence-corrected chi connectivity index (χ3v) is 3.82. The van der Waals surface area contributed by atoms with Gasteiger partial charge in [0.25, 0.3) is 5.91 Å². The molecule has 0 bridgehead atoms. The first-order valence-corrected chi connectivity index (χ1v) is 7.87. The predicted molar refractivity (Wildman–Crippen MR) is 89.1 cm³/mol. The molecule has 7 heteroatoms. The van der Waals surface area contributed by atoms with Crippen LogP contribution < -0.4 is 15.4 Å². The Morgan fingerprint density at radius 2 is 2.12 bits per heavy atom. The number of nitrogens with one attached hydrogen (secondary N) is 2. The van der Waals surface area contributed by atoms with Crippen molar-refractivity contribution in [2.24, 2.45) is 0 Å². The lowest BCUT2D eigenvalue weighted by Crippen LogP contribution is -2.51. The summed E-state index contributed by atoms with van der Waals surface area (Å²) in [6.07, 6.45) is 3.71. The van der Waals surface area contributed by atoms with Crippen molar-refractivity contribution in [2.75, 3.05) is 25.6 Å². The summed E-state index contributed by atoms with van der Waals surface area (Å²) >= 11 is 0. The van der Waals surface area contributed by atoms with Gasteiger partial charge in [-0.05, 0) is 24.6 Å². The first-order chi connectivity index (χ1) is 11.8. The molecule has 2 N–H and O–H groups in total. The second-order valence-corrected chi connectivity index (χ2v) is 5.42. The summed E-state index contributed by atoms with van der Waals surface area (Å²) in [4.78, 5) is 20.9. The number of carbonyl (C=O) groups excluding carboxylic acids is 1. The molecule has 0 unspecified atom stereocenters. The summed E-state index contributed by atoms with van der Waals surface area (Å²) in [5, 5.41) is 5.96. The van der Waals surface area contributed by atoms with E-state index in [2.05, 4.69) is 20.6 Å². The number of pyridine rings is 2. The quantitative estimate of drug-likeness (QED) is 0.865. The Kier molecular flexibility index (Phi) is 5.22. The Hall–Kier alpha value is -2.67. The summed E-state index contributed by atoms with van der Waals surface area (Å²) < 4.78 is 11.4. The number of amides is 1. The van der Waals surface area contributed by atoms with Gasteiger partial charge in [0.05, 0.1) is 18.2 Å². The molecule has 0 radical (unpaired) electrons. The smallest absolute Gasteiger partial charge is 0.255 e. The molecule has 1 fully saturated rings. The van der Waals surface area contributed by atoms with Gasteiger partial charge in [-0.3, -0.25) is 4.79 Å². The van der Waals surface area contributed by atoms with E-state index >= 15 is 0 Å². The molecule has 2 aromatic heterocycles. The molecule has 126 valence electrons. The van der Waals surface area contributed by atoms with E-state index in [1.165, 1.54) is 0 Å². The van der Waals surface area contributed by atoms with Gasteiger partial charge in [-0.2, -0.15) is 0 Å². The van der Waals surface area contributed by atoms with Crippen molar-refractivity contribution in [1.82, 2.24) is 15.3 Å². The zero-order valence-corrected chi connectivity index (χ0v) is 13.4. The third kappa shape index (κ3) is 3.80. The minimum atomic E-state index is -0.285. The van der Waals surface area contributed by atoms with Crippen LogP contribution in [0.5, 0.6) is 5.88 Å². The molecule has 2 atom stereocenters.